The van der Waals surface area contributed by atoms with Crippen molar-refractivity contribution in [3.63, 3.8) is 0 Å². The molecule has 1 aromatic heterocycles. The van der Waals surface area contributed by atoms with E-state index >= 15 is 0 Å². The minimum absolute atomic E-state index is 0.275. The average molecular weight is 326 g/mol. The van der Waals surface area contributed by atoms with Crippen LogP contribution in [0.5, 0.6) is 0 Å². The molecule has 0 aliphatic rings. The van der Waals surface area contributed by atoms with E-state index in [1.807, 2.05) is 13.0 Å². The zero-order valence-corrected chi connectivity index (χ0v) is 11.9. The minimum atomic E-state index is -0.275. The first-order valence-corrected chi connectivity index (χ1v) is 6.43. The van der Waals surface area contributed by atoms with E-state index in [9.17, 15) is 4.79 Å². The first-order valence-electron chi connectivity index (χ1n) is 5.26. The normalized spacial score (nSPS) is 10.2. The second-order valence-electron chi connectivity index (χ2n) is 3.72. The highest BCUT2D eigenvalue weighted by Gasteiger charge is 2.13. The van der Waals surface area contributed by atoms with Gasteiger partial charge in [0.15, 0.2) is 0 Å². The Morgan fingerprint density at radius 1 is 1.33 bits per heavy atom. The lowest BCUT2D eigenvalue weighted by molar-refractivity contribution is 0.102. The van der Waals surface area contributed by atoms with Crippen LogP contribution in [0, 0.1) is 6.92 Å². The van der Waals surface area contributed by atoms with E-state index in [0.717, 1.165) is 10.0 Å². The van der Waals surface area contributed by atoms with Crippen molar-refractivity contribution in [3.8, 4) is 0 Å². The summed E-state index contributed by atoms with van der Waals surface area (Å²) in [7, 11) is 0. The van der Waals surface area contributed by atoms with Crippen molar-refractivity contribution in [2.45, 2.75) is 6.92 Å². The number of nitrogens with one attached hydrogen (secondary N) is 1. The van der Waals surface area contributed by atoms with Gasteiger partial charge in [0.1, 0.15) is 5.82 Å². The zero-order valence-electron chi connectivity index (χ0n) is 9.58. The van der Waals surface area contributed by atoms with Crippen molar-refractivity contribution in [3.05, 3.63) is 57.2 Å². The van der Waals surface area contributed by atoms with Crippen molar-refractivity contribution in [2.24, 2.45) is 0 Å². The van der Waals surface area contributed by atoms with E-state index in [4.69, 9.17) is 11.6 Å². The van der Waals surface area contributed by atoms with Crippen LogP contribution in [-0.2, 0) is 0 Å². The predicted octanol–water partition coefficient (Wildman–Crippen LogP) is 4.06. The number of halogens is 2. The molecule has 0 saturated heterocycles. The van der Waals surface area contributed by atoms with Gasteiger partial charge in [0.25, 0.3) is 5.91 Å². The summed E-state index contributed by atoms with van der Waals surface area (Å²) in [5, 5.41) is 3.17. The monoisotopic (exact) mass is 324 g/mol. The molecule has 0 saturated carbocycles. The summed E-state index contributed by atoms with van der Waals surface area (Å²) in [5.74, 6) is 0.197. The smallest absolute Gasteiger partial charge is 0.258 e. The Kier molecular flexibility index (Phi) is 3.99. The van der Waals surface area contributed by atoms with Gasteiger partial charge in [0.05, 0.1) is 15.1 Å². The van der Waals surface area contributed by atoms with E-state index < -0.39 is 0 Å². The molecule has 2 aromatic rings. The fraction of sp³-hybridized carbons (Fsp3) is 0.0769. The van der Waals surface area contributed by atoms with Crippen molar-refractivity contribution in [1.82, 2.24) is 4.98 Å². The molecular weight excluding hydrogens is 316 g/mol. The molecule has 0 unspecified atom stereocenters. The first kappa shape index (κ1) is 13.1. The Bertz CT molecular complexity index is 601. The molecule has 1 N–H and O–H groups in total. The number of nitrogens with zero attached hydrogens (tertiary/aromatic N) is 1. The van der Waals surface area contributed by atoms with Gasteiger partial charge in [0, 0.05) is 6.20 Å². The molecule has 1 aromatic carbocycles. The number of benzene rings is 1. The number of aryl methyl sites for hydroxylation is 1. The summed E-state index contributed by atoms with van der Waals surface area (Å²) >= 11 is 9.42. The Labute approximate surface area is 118 Å². The lowest BCUT2D eigenvalue weighted by atomic mass is 10.1. The van der Waals surface area contributed by atoms with Crippen LogP contribution in [0.25, 0.3) is 0 Å². The number of hydrogen-bond donors (Lipinski definition) is 1. The van der Waals surface area contributed by atoms with Crippen molar-refractivity contribution in [1.29, 1.82) is 0 Å². The molecule has 5 heteroatoms. The van der Waals surface area contributed by atoms with Gasteiger partial charge in [-0.2, -0.15) is 0 Å². The summed E-state index contributed by atoms with van der Waals surface area (Å²) in [6.45, 7) is 1.86. The van der Waals surface area contributed by atoms with Gasteiger partial charge in [-0.25, -0.2) is 4.98 Å². The number of anilines is 1. The average Bonchev–Trinajstić information content (AvgIpc) is 2.35. The number of hydrogen-bond acceptors (Lipinski definition) is 2. The van der Waals surface area contributed by atoms with E-state index in [1.54, 1.807) is 30.5 Å². The van der Waals surface area contributed by atoms with Crippen LogP contribution >= 0.6 is 27.5 Å². The summed E-state index contributed by atoms with van der Waals surface area (Å²) < 4.78 is 0.724. The van der Waals surface area contributed by atoms with Crippen LogP contribution in [0.4, 0.5) is 5.82 Å². The Balaban J connectivity index is 2.28. The van der Waals surface area contributed by atoms with Crippen LogP contribution in [0.3, 0.4) is 0 Å². The van der Waals surface area contributed by atoms with Gasteiger partial charge >= 0.3 is 0 Å². The van der Waals surface area contributed by atoms with Gasteiger partial charge in [-0.1, -0.05) is 23.7 Å². The molecule has 0 aliphatic carbocycles. The Hall–Kier alpha value is -1.39. The van der Waals surface area contributed by atoms with Crippen LogP contribution in [0.15, 0.2) is 41.0 Å². The number of aromatic nitrogens is 1. The third kappa shape index (κ3) is 2.71. The van der Waals surface area contributed by atoms with Gasteiger partial charge in [0.2, 0.25) is 0 Å². The summed E-state index contributed by atoms with van der Waals surface area (Å²) in [6, 6.07) is 8.92. The highest BCUT2D eigenvalue weighted by molar-refractivity contribution is 9.10. The molecule has 0 aliphatic heterocycles. The SMILES string of the molecule is Cc1cccc(C(=O)Nc2ncccc2Br)c1Cl. The largest absolute Gasteiger partial charge is 0.306 e. The van der Waals surface area contributed by atoms with E-state index in [-0.39, 0.29) is 5.91 Å². The third-order valence-electron chi connectivity index (χ3n) is 2.43. The quantitative estimate of drug-likeness (QED) is 0.905. The summed E-state index contributed by atoms with van der Waals surface area (Å²) in [6.07, 6.45) is 1.61. The predicted molar refractivity (Wildman–Crippen MR) is 76.1 cm³/mol. The fourth-order valence-corrected chi connectivity index (χ4v) is 2.04. The first-order chi connectivity index (χ1) is 8.59. The summed E-state index contributed by atoms with van der Waals surface area (Å²) in [5.41, 5.74) is 1.30. The number of carbonyl (C=O) groups excluding carboxylic acids is 1. The summed E-state index contributed by atoms with van der Waals surface area (Å²) in [4.78, 5) is 16.2. The van der Waals surface area contributed by atoms with Gasteiger partial charge in [-0.3, -0.25) is 4.79 Å². The number of carbonyl (C=O) groups is 1. The van der Waals surface area contributed by atoms with Crippen LogP contribution in [0.2, 0.25) is 5.02 Å². The van der Waals surface area contributed by atoms with Crippen molar-refractivity contribution >= 4 is 39.3 Å². The molecular formula is C13H10BrClN2O. The Morgan fingerprint density at radius 3 is 2.83 bits per heavy atom. The van der Waals surface area contributed by atoms with Crippen molar-refractivity contribution in [2.75, 3.05) is 5.32 Å². The third-order valence-corrected chi connectivity index (χ3v) is 3.57. The standard InChI is InChI=1S/C13H10BrClN2O/c1-8-4-2-5-9(11(8)15)13(18)17-12-10(14)6-3-7-16-12/h2-7H,1H3,(H,16,17,18). The molecule has 0 fully saturated rings. The van der Waals surface area contributed by atoms with Crippen LogP contribution in [0.1, 0.15) is 15.9 Å². The molecule has 92 valence electrons. The fourth-order valence-electron chi connectivity index (χ4n) is 1.48. The van der Waals surface area contributed by atoms with E-state index in [0.29, 0.717) is 16.4 Å². The molecule has 1 amide bonds. The van der Waals surface area contributed by atoms with Gasteiger partial charge in [-0.15, -0.1) is 0 Å². The molecule has 0 radical (unpaired) electrons. The number of rotatable bonds is 2. The maximum Gasteiger partial charge on any atom is 0.258 e. The minimum Gasteiger partial charge on any atom is -0.306 e. The van der Waals surface area contributed by atoms with E-state index in [2.05, 4.69) is 26.2 Å². The molecule has 0 atom stereocenters. The molecule has 2 rings (SSSR count). The maximum absolute atomic E-state index is 12.1. The highest BCUT2D eigenvalue weighted by atomic mass is 79.9. The van der Waals surface area contributed by atoms with Crippen LogP contribution < -0.4 is 5.32 Å². The zero-order chi connectivity index (χ0) is 13.1. The second kappa shape index (κ2) is 5.50. The lowest BCUT2D eigenvalue weighted by Crippen LogP contribution is -2.14. The topological polar surface area (TPSA) is 42.0 Å². The van der Waals surface area contributed by atoms with Crippen molar-refractivity contribution < 1.29 is 4.79 Å². The number of pyridine rings is 1. The molecule has 3 nitrogen and oxygen atoms in total. The molecule has 0 bridgehead atoms. The highest BCUT2D eigenvalue weighted by Crippen LogP contribution is 2.23. The molecule has 0 spiro atoms. The van der Waals surface area contributed by atoms with E-state index in [1.165, 1.54) is 0 Å². The maximum atomic E-state index is 12.1. The molecule has 18 heavy (non-hydrogen) atoms. The lowest BCUT2D eigenvalue weighted by Gasteiger charge is -2.08. The molecule has 1 heterocycles. The van der Waals surface area contributed by atoms with Gasteiger partial charge in [-0.05, 0) is 46.6 Å². The van der Waals surface area contributed by atoms with Crippen LogP contribution in [-0.4, -0.2) is 10.9 Å². The Morgan fingerprint density at radius 2 is 2.11 bits per heavy atom. The second-order valence-corrected chi connectivity index (χ2v) is 4.96. The van der Waals surface area contributed by atoms with Gasteiger partial charge < -0.3 is 5.32 Å². The number of amides is 1.